The van der Waals surface area contributed by atoms with Crippen molar-refractivity contribution in [3.63, 3.8) is 0 Å². The molecule has 0 aliphatic heterocycles. The summed E-state index contributed by atoms with van der Waals surface area (Å²) in [5.41, 5.74) is 3.61. The second-order valence-corrected chi connectivity index (χ2v) is 4.54. The number of carbonyl (C=O) groups excluding carboxylic acids is 1. The monoisotopic (exact) mass is 247 g/mol. The average Bonchev–Trinajstić information content (AvgIpc) is 2.56. The van der Waals surface area contributed by atoms with E-state index in [0.717, 1.165) is 22.6 Å². The molecule has 3 heteroatoms. The minimum Gasteiger partial charge on any atom is -0.316 e. The van der Waals surface area contributed by atoms with Crippen molar-refractivity contribution in [3.05, 3.63) is 52.3 Å². The van der Waals surface area contributed by atoms with Crippen LogP contribution in [0.25, 0.3) is 5.69 Å². The second kappa shape index (κ2) is 4.38. The topological polar surface area (TPSA) is 22.0 Å². The Hall–Kier alpha value is -1.54. The maximum atomic E-state index is 11.5. The standard InChI is InChI=1S/C14H14ClNO/c1-9-8-12(11(3)17)10(2)16(9)14-7-5-4-6-13(14)15/h4-8H,1-3H3. The van der Waals surface area contributed by atoms with Crippen LogP contribution < -0.4 is 0 Å². The number of hydrogen-bond acceptors (Lipinski definition) is 1. The van der Waals surface area contributed by atoms with Gasteiger partial charge in [0.15, 0.2) is 5.78 Å². The molecule has 0 saturated heterocycles. The smallest absolute Gasteiger partial charge is 0.161 e. The highest BCUT2D eigenvalue weighted by molar-refractivity contribution is 6.32. The number of benzene rings is 1. The first-order valence-corrected chi connectivity index (χ1v) is 5.85. The van der Waals surface area contributed by atoms with Crippen molar-refractivity contribution in [2.24, 2.45) is 0 Å². The van der Waals surface area contributed by atoms with Gasteiger partial charge in [-0.1, -0.05) is 23.7 Å². The summed E-state index contributed by atoms with van der Waals surface area (Å²) in [6.07, 6.45) is 0. The molecular formula is C14H14ClNO. The molecule has 0 N–H and O–H groups in total. The Morgan fingerprint density at radius 2 is 1.88 bits per heavy atom. The Labute approximate surface area is 106 Å². The molecule has 0 radical (unpaired) electrons. The maximum absolute atomic E-state index is 11.5. The highest BCUT2D eigenvalue weighted by atomic mass is 35.5. The molecule has 0 bridgehead atoms. The Morgan fingerprint density at radius 3 is 2.41 bits per heavy atom. The van der Waals surface area contributed by atoms with E-state index in [1.165, 1.54) is 0 Å². The number of halogens is 1. The summed E-state index contributed by atoms with van der Waals surface area (Å²) >= 11 is 6.19. The number of hydrogen-bond donors (Lipinski definition) is 0. The fraction of sp³-hybridized carbons (Fsp3) is 0.214. The highest BCUT2D eigenvalue weighted by Gasteiger charge is 2.14. The van der Waals surface area contributed by atoms with Crippen LogP contribution in [0.15, 0.2) is 30.3 Å². The second-order valence-electron chi connectivity index (χ2n) is 4.13. The Morgan fingerprint density at radius 1 is 1.24 bits per heavy atom. The van der Waals surface area contributed by atoms with Gasteiger partial charge in [0.05, 0.1) is 10.7 Å². The number of rotatable bonds is 2. The normalized spacial score (nSPS) is 10.6. The van der Waals surface area contributed by atoms with Crippen LogP contribution >= 0.6 is 11.6 Å². The lowest BCUT2D eigenvalue weighted by Crippen LogP contribution is -2.01. The fourth-order valence-corrected chi connectivity index (χ4v) is 2.34. The van der Waals surface area contributed by atoms with Crippen molar-refractivity contribution < 1.29 is 4.79 Å². The quantitative estimate of drug-likeness (QED) is 0.737. The molecule has 0 spiro atoms. The Kier molecular flexibility index (Phi) is 3.07. The van der Waals surface area contributed by atoms with Crippen LogP contribution in [0.2, 0.25) is 5.02 Å². The fourth-order valence-electron chi connectivity index (χ4n) is 2.12. The van der Waals surface area contributed by atoms with Gasteiger partial charge in [-0.05, 0) is 39.0 Å². The van der Waals surface area contributed by atoms with Gasteiger partial charge in [0, 0.05) is 17.0 Å². The number of Topliss-reactive ketones (excluding diaryl/α,β-unsaturated/α-hetero) is 1. The number of ketones is 1. The first-order chi connectivity index (χ1) is 8.02. The van der Waals surface area contributed by atoms with Crippen molar-refractivity contribution >= 4 is 17.4 Å². The van der Waals surface area contributed by atoms with Crippen LogP contribution in [-0.4, -0.2) is 10.4 Å². The molecule has 0 unspecified atom stereocenters. The van der Waals surface area contributed by atoms with Crippen molar-refractivity contribution in [1.29, 1.82) is 0 Å². The summed E-state index contributed by atoms with van der Waals surface area (Å²) in [4.78, 5) is 11.5. The van der Waals surface area contributed by atoms with Crippen molar-refractivity contribution in [2.75, 3.05) is 0 Å². The molecule has 0 aliphatic carbocycles. The van der Waals surface area contributed by atoms with E-state index >= 15 is 0 Å². The molecule has 1 heterocycles. The van der Waals surface area contributed by atoms with E-state index in [1.807, 2.05) is 48.7 Å². The molecule has 1 aromatic heterocycles. The van der Waals surface area contributed by atoms with Crippen molar-refractivity contribution in [1.82, 2.24) is 4.57 Å². The molecule has 88 valence electrons. The third-order valence-corrected chi connectivity index (χ3v) is 3.22. The van der Waals surface area contributed by atoms with Crippen LogP contribution in [0.3, 0.4) is 0 Å². The minimum atomic E-state index is 0.0800. The van der Waals surface area contributed by atoms with Gasteiger partial charge in [-0.2, -0.15) is 0 Å². The highest BCUT2D eigenvalue weighted by Crippen LogP contribution is 2.26. The van der Waals surface area contributed by atoms with E-state index in [-0.39, 0.29) is 5.78 Å². The van der Waals surface area contributed by atoms with Crippen LogP contribution in [0.1, 0.15) is 28.7 Å². The number of aryl methyl sites for hydroxylation is 1. The summed E-state index contributed by atoms with van der Waals surface area (Å²) < 4.78 is 2.01. The minimum absolute atomic E-state index is 0.0800. The molecule has 17 heavy (non-hydrogen) atoms. The molecule has 0 aliphatic rings. The first-order valence-electron chi connectivity index (χ1n) is 5.47. The maximum Gasteiger partial charge on any atom is 0.161 e. The number of carbonyl (C=O) groups is 1. The van der Waals surface area contributed by atoms with Gasteiger partial charge < -0.3 is 4.57 Å². The van der Waals surface area contributed by atoms with Gasteiger partial charge in [0.1, 0.15) is 0 Å². The van der Waals surface area contributed by atoms with Crippen LogP contribution in [-0.2, 0) is 0 Å². The summed E-state index contributed by atoms with van der Waals surface area (Å²) in [6.45, 7) is 5.49. The van der Waals surface area contributed by atoms with E-state index in [4.69, 9.17) is 11.6 Å². The summed E-state index contributed by atoms with van der Waals surface area (Å²) in [5.74, 6) is 0.0800. The lowest BCUT2D eigenvalue weighted by molar-refractivity contribution is 0.101. The van der Waals surface area contributed by atoms with Gasteiger partial charge in [0.25, 0.3) is 0 Å². The SMILES string of the molecule is CC(=O)c1cc(C)n(-c2ccccc2Cl)c1C. The van der Waals surface area contributed by atoms with E-state index in [2.05, 4.69) is 0 Å². The summed E-state index contributed by atoms with van der Waals surface area (Å²) in [5, 5.41) is 0.685. The van der Waals surface area contributed by atoms with Crippen LogP contribution in [0, 0.1) is 13.8 Å². The predicted molar refractivity (Wildman–Crippen MR) is 70.3 cm³/mol. The lowest BCUT2D eigenvalue weighted by atomic mass is 10.2. The third-order valence-electron chi connectivity index (χ3n) is 2.90. The lowest BCUT2D eigenvalue weighted by Gasteiger charge is -2.11. The zero-order chi connectivity index (χ0) is 12.6. The van der Waals surface area contributed by atoms with Gasteiger partial charge >= 0.3 is 0 Å². The summed E-state index contributed by atoms with van der Waals surface area (Å²) in [7, 11) is 0. The van der Waals surface area contributed by atoms with Gasteiger partial charge in [0.2, 0.25) is 0 Å². The van der Waals surface area contributed by atoms with Gasteiger partial charge in [-0.3, -0.25) is 4.79 Å². The molecule has 0 amide bonds. The molecule has 0 atom stereocenters. The molecule has 0 fully saturated rings. The van der Waals surface area contributed by atoms with Crippen molar-refractivity contribution in [3.8, 4) is 5.69 Å². The van der Waals surface area contributed by atoms with Crippen LogP contribution in [0.5, 0.6) is 0 Å². The molecule has 2 rings (SSSR count). The van der Waals surface area contributed by atoms with Gasteiger partial charge in [-0.15, -0.1) is 0 Å². The average molecular weight is 248 g/mol. The molecule has 0 saturated carbocycles. The molecule has 1 aromatic carbocycles. The van der Waals surface area contributed by atoms with Crippen molar-refractivity contribution in [2.45, 2.75) is 20.8 Å². The number of para-hydroxylation sites is 1. The van der Waals surface area contributed by atoms with E-state index in [1.54, 1.807) is 6.92 Å². The van der Waals surface area contributed by atoms with E-state index < -0.39 is 0 Å². The number of aromatic nitrogens is 1. The van der Waals surface area contributed by atoms with Crippen LogP contribution in [0.4, 0.5) is 0 Å². The number of nitrogens with zero attached hydrogens (tertiary/aromatic N) is 1. The largest absolute Gasteiger partial charge is 0.316 e. The molecule has 2 aromatic rings. The molecule has 2 nitrogen and oxygen atoms in total. The zero-order valence-corrected chi connectivity index (χ0v) is 10.9. The van der Waals surface area contributed by atoms with Gasteiger partial charge in [-0.25, -0.2) is 0 Å². The van der Waals surface area contributed by atoms with E-state index in [0.29, 0.717) is 5.02 Å². The third kappa shape index (κ3) is 2.01. The predicted octanol–water partition coefficient (Wildman–Crippen LogP) is 3.95. The summed E-state index contributed by atoms with van der Waals surface area (Å²) in [6, 6.07) is 9.54. The molecular weight excluding hydrogens is 234 g/mol. The Bertz CT molecular complexity index is 584. The zero-order valence-electron chi connectivity index (χ0n) is 10.1. The Balaban J connectivity index is 2.69. The first kappa shape index (κ1) is 11.9. The van der Waals surface area contributed by atoms with E-state index in [9.17, 15) is 4.79 Å².